The van der Waals surface area contributed by atoms with Gasteiger partial charge in [-0.05, 0) is 19.4 Å². The van der Waals surface area contributed by atoms with Crippen molar-refractivity contribution in [3.8, 4) is 5.88 Å². The van der Waals surface area contributed by atoms with Crippen molar-refractivity contribution in [1.29, 1.82) is 0 Å². The summed E-state index contributed by atoms with van der Waals surface area (Å²) in [7, 11) is -3.03. The van der Waals surface area contributed by atoms with Crippen LogP contribution in [0.25, 0.3) is 0 Å². The van der Waals surface area contributed by atoms with Gasteiger partial charge in [-0.2, -0.15) is 13.2 Å². The molecule has 154 valence electrons. The molecule has 0 amide bonds. The number of aromatic nitrogens is 1. The molecular formula is C15H22F3IN4O3S. The van der Waals surface area contributed by atoms with Crippen LogP contribution in [0.5, 0.6) is 5.88 Å². The van der Waals surface area contributed by atoms with Crippen molar-refractivity contribution in [1.82, 2.24) is 15.6 Å². The van der Waals surface area contributed by atoms with Crippen LogP contribution in [0.3, 0.4) is 0 Å². The van der Waals surface area contributed by atoms with E-state index in [2.05, 4.69) is 20.6 Å². The molecule has 7 nitrogen and oxygen atoms in total. The normalized spacial score (nSPS) is 19.3. The third-order valence-electron chi connectivity index (χ3n) is 3.55. The summed E-state index contributed by atoms with van der Waals surface area (Å²) >= 11 is 0. The Balaban J connectivity index is 0.00000364. The van der Waals surface area contributed by atoms with E-state index >= 15 is 0 Å². The Kier molecular flexibility index (Phi) is 9.05. The van der Waals surface area contributed by atoms with E-state index in [0.29, 0.717) is 24.5 Å². The SMILES string of the molecule is CCNC(=NCc1cccnc1OCC(F)(F)F)NC1CCS(=O)(=O)C1.I. The molecule has 2 rings (SSSR count). The van der Waals surface area contributed by atoms with Crippen molar-refractivity contribution in [2.45, 2.75) is 32.1 Å². The Hall–Kier alpha value is -1.31. The van der Waals surface area contributed by atoms with Crippen molar-refractivity contribution < 1.29 is 26.3 Å². The van der Waals surface area contributed by atoms with E-state index in [1.807, 2.05) is 6.92 Å². The average molecular weight is 522 g/mol. The Bertz CT molecular complexity index is 744. The lowest BCUT2D eigenvalue weighted by Gasteiger charge is -2.16. The topological polar surface area (TPSA) is 92.7 Å². The highest BCUT2D eigenvalue weighted by molar-refractivity contribution is 14.0. The molecule has 1 unspecified atom stereocenters. The van der Waals surface area contributed by atoms with Gasteiger partial charge in [-0.3, -0.25) is 0 Å². The van der Waals surface area contributed by atoms with Crippen molar-refractivity contribution in [2.75, 3.05) is 24.7 Å². The predicted molar refractivity (Wildman–Crippen MR) is 106 cm³/mol. The van der Waals surface area contributed by atoms with Crippen LogP contribution in [-0.2, 0) is 16.4 Å². The van der Waals surface area contributed by atoms with E-state index in [-0.39, 0.29) is 53.9 Å². The number of guanidine groups is 1. The molecule has 0 spiro atoms. The van der Waals surface area contributed by atoms with Crippen molar-refractivity contribution >= 4 is 39.8 Å². The van der Waals surface area contributed by atoms with E-state index in [4.69, 9.17) is 4.74 Å². The summed E-state index contributed by atoms with van der Waals surface area (Å²) in [4.78, 5) is 8.11. The van der Waals surface area contributed by atoms with Crippen LogP contribution in [0.2, 0.25) is 0 Å². The van der Waals surface area contributed by atoms with Gasteiger partial charge in [-0.15, -0.1) is 24.0 Å². The fourth-order valence-electron chi connectivity index (χ4n) is 2.41. The lowest BCUT2D eigenvalue weighted by atomic mass is 10.2. The number of pyridine rings is 1. The maximum Gasteiger partial charge on any atom is 0.422 e. The molecule has 0 bridgehead atoms. The second kappa shape index (κ2) is 10.3. The van der Waals surface area contributed by atoms with Crippen LogP contribution >= 0.6 is 24.0 Å². The van der Waals surface area contributed by atoms with Gasteiger partial charge in [-0.25, -0.2) is 18.4 Å². The molecule has 1 atom stereocenters. The number of alkyl halides is 3. The largest absolute Gasteiger partial charge is 0.468 e. The molecule has 12 heteroatoms. The van der Waals surface area contributed by atoms with Crippen LogP contribution in [-0.4, -0.2) is 56.2 Å². The van der Waals surface area contributed by atoms with Crippen LogP contribution in [0.15, 0.2) is 23.3 Å². The maximum absolute atomic E-state index is 12.3. The molecule has 1 aliphatic heterocycles. The van der Waals surface area contributed by atoms with Gasteiger partial charge in [-0.1, -0.05) is 6.07 Å². The fourth-order valence-corrected chi connectivity index (χ4v) is 4.08. The number of aliphatic imine (C=N–C) groups is 1. The molecule has 2 N–H and O–H groups in total. The molecule has 1 aliphatic rings. The molecule has 0 radical (unpaired) electrons. The van der Waals surface area contributed by atoms with E-state index in [1.54, 1.807) is 12.1 Å². The third kappa shape index (κ3) is 8.49. The summed E-state index contributed by atoms with van der Waals surface area (Å²) in [5.74, 6) is 0.417. The number of sulfone groups is 1. The lowest BCUT2D eigenvalue weighted by Crippen LogP contribution is -2.44. The van der Waals surface area contributed by atoms with E-state index in [9.17, 15) is 21.6 Å². The highest BCUT2D eigenvalue weighted by atomic mass is 127. The van der Waals surface area contributed by atoms with Gasteiger partial charge in [0.2, 0.25) is 5.88 Å². The number of nitrogens with zero attached hydrogens (tertiary/aromatic N) is 2. The monoisotopic (exact) mass is 522 g/mol. The molecule has 27 heavy (non-hydrogen) atoms. The number of nitrogens with one attached hydrogen (secondary N) is 2. The first-order chi connectivity index (χ1) is 12.2. The average Bonchev–Trinajstić information content (AvgIpc) is 2.89. The first-order valence-corrected chi connectivity index (χ1v) is 9.89. The van der Waals surface area contributed by atoms with Crippen molar-refractivity contribution in [2.24, 2.45) is 4.99 Å². The first kappa shape index (κ1) is 23.7. The fraction of sp³-hybridized carbons (Fsp3) is 0.600. The van der Waals surface area contributed by atoms with Gasteiger partial charge >= 0.3 is 6.18 Å². The van der Waals surface area contributed by atoms with Crippen LogP contribution in [0, 0.1) is 0 Å². The molecule has 0 aliphatic carbocycles. The Morgan fingerprint density at radius 3 is 2.78 bits per heavy atom. The number of rotatable bonds is 6. The molecular weight excluding hydrogens is 500 g/mol. The highest BCUT2D eigenvalue weighted by Gasteiger charge is 2.29. The lowest BCUT2D eigenvalue weighted by molar-refractivity contribution is -0.154. The molecule has 0 aromatic carbocycles. The summed E-state index contributed by atoms with van der Waals surface area (Å²) in [6.45, 7) is 1.01. The second-order valence-electron chi connectivity index (χ2n) is 5.81. The first-order valence-electron chi connectivity index (χ1n) is 8.07. The van der Waals surface area contributed by atoms with Gasteiger partial charge in [0.25, 0.3) is 0 Å². The zero-order valence-corrected chi connectivity index (χ0v) is 17.8. The second-order valence-corrected chi connectivity index (χ2v) is 8.04. The summed E-state index contributed by atoms with van der Waals surface area (Å²) in [5.41, 5.74) is 0.396. The highest BCUT2D eigenvalue weighted by Crippen LogP contribution is 2.20. The molecule has 1 aromatic heterocycles. The quantitative estimate of drug-likeness (QED) is 0.337. The zero-order valence-electron chi connectivity index (χ0n) is 14.6. The Labute approximate surface area is 173 Å². The van der Waals surface area contributed by atoms with Gasteiger partial charge in [0, 0.05) is 24.3 Å². The third-order valence-corrected chi connectivity index (χ3v) is 5.32. The molecule has 1 aromatic rings. The zero-order chi connectivity index (χ0) is 19.2. The number of ether oxygens (including phenoxy) is 1. The minimum Gasteiger partial charge on any atom is -0.468 e. The van der Waals surface area contributed by atoms with Gasteiger partial charge in [0.15, 0.2) is 22.4 Å². The van der Waals surface area contributed by atoms with Gasteiger partial charge in [0.1, 0.15) is 0 Å². The van der Waals surface area contributed by atoms with Gasteiger partial charge in [0.05, 0.1) is 18.1 Å². The Morgan fingerprint density at radius 1 is 1.44 bits per heavy atom. The van der Waals surface area contributed by atoms with E-state index < -0.39 is 22.6 Å². The maximum atomic E-state index is 12.3. The van der Waals surface area contributed by atoms with Crippen LogP contribution < -0.4 is 15.4 Å². The number of halogens is 4. The van der Waals surface area contributed by atoms with Crippen molar-refractivity contribution in [3.63, 3.8) is 0 Å². The molecule has 1 fully saturated rings. The molecule has 2 heterocycles. The number of hydrogen-bond acceptors (Lipinski definition) is 5. The van der Waals surface area contributed by atoms with Crippen molar-refractivity contribution in [3.05, 3.63) is 23.9 Å². The Morgan fingerprint density at radius 2 is 2.19 bits per heavy atom. The summed E-state index contributed by atoms with van der Waals surface area (Å²) < 4.78 is 64.8. The molecule has 0 saturated carbocycles. The van der Waals surface area contributed by atoms with E-state index in [1.165, 1.54) is 6.20 Å². The number of hydrogen-bond donors (Lipinski definition) is 2. The van der Waals surface area contributed by atoms with Crippen LogP contribution in [0.1, 0.15) is 18.9 Å². The van der Waals surface area contributed by atoms with E-state index in [0.717, 1.165) is 0 Å². The summed E-state index contributed by atoms with van der Waals surface area (Å²) in [6.07, 6.45) is -2.63. The minimum absolute atomic E-state index is 0. The standard InChI is InChI=1S/C15H21F3N4O3S.HI/c1-2-19-14(22-12-5-7-26(23,24)9-12)21-8-11-4-3-6-20-13(11)25-10-15(16,17)18;/h3-4,6,12H,2,5,7-10H2,1H3,(H2,19,21,22);1H. The summed E-state index contributed by atoms with van der Waals surface area (Å²) in [6, 6.07) is 2.91. The van der Waals surface area contributed by atoms with Crippen LogP contribution in [0.4, 0.5) is 13.2 Å². The van der Waals surface area contributed by atoms with Gasteiger partial charge < -0.3 is 15.4 Å². The summed E-state index contributed by atoms with van der Waals surface area (Å²) in [5, 5.41) is 6.02. The minimum atomic E-state index is -4.46. The smallest absolute Gasteiger partial charge is 0.422 e. The predicted octanol–water partition coefficient (Wildman–Crippen LogP) is 1.88. The molecule has 1 saturated heterocycles.